The molecule has 2 aromatic carbocycles. The lowest BCUT2D eigenvalue weighted by atomic mass is 10.00. The lowest BCUT2D eigenvalue weighted by Crippen LogP contribution is -2.40. The Bertz CT molecular complexity index is 1450. The van der Waals surface area contributed by atoms with Crippen molar-refractivity contribution in [2.75, 3.05) is 44.3 Å². The second-order valence-electron chi connectivity index (χ2n) is 9.42. The second kappa shape index (κ2) is 9.23. The van der Waals surface area contributed by atoms with Crippen molar-refractivity contribution in [2.45, 2.75) is 19.3 Å². The summed E-state index contributed by atoms with van der Waals surface area (Å²) in [5.41, 5.74) is 9.82. The molecule has 0 atom stereocenters. The van der Waals surface area contributed by atoms with Gasteiger partial charge in [-0.3, -0.25) is 9.59 Å². The first-order chi connectivity index (χ1) is 17.6. The maximum Gasteiger partial charge on any atom is 0.254 e. The zero-order valence-corrected chi connectivity index (χ0v) is 20.0. The number of aromatic amines is 1. The number of nitrogens with one attached hydrogen (secondary N) is 1. The number of aromatic nitrogens is 3. The first-order valence-electron chi connectivity index (χ1n) is 12.4. The molecule has 2 aliphatic heterocycles. The summed E-state index contributed by atoms with van der Waals surface area (Å²) < 4.78 is 5.36. The Morgan fingerprint density at radius 3 is 2.36 bits per heavy atom. The molecule has 0 saturated carbocycles. The zero-order chi connectivity index (χ0) is 24.6. The van der Waals surface area contributed by atoms with E-state index in [9.17, 15) is 9.59 Å². The largest absolute Gasteiger partial charge is 0.378 e. The maximum absolute atomic E-state index is 13.0. The van der Waals surface area contributed by atoms with E-state index in [2.05, 4.69) is 19.9 Å². The van der Waals surface area contributed by atoms with Crippen molar-refractivity contribution >= 4 is 39.6 Å². The predicted octanol–water partition coefficient (Wildman–Crippen LogP) is 3.34. The number of hydrogen-bond acceptors (Lipinski definition) is 6. The normalized spacial score (nSPS) is 16.6. The molecular formula is C27H28N6O3. The van der Waals surface area contributed by atoms with Crippen molar-refractivity contribution in [3.05, 3.63) is 53.9 Å². The molecule has 6 rings (SSSR count). The molecule has 36 heavy (non-hydrogen) atoms. The van der Waals surface area contributed by atoms with Crippen molar-refractivity contribution in [1.29, 1.82) is 0 Å². The molecule has 9 heteroatoms. The summed E-state index contributed by atoms with van der Waals surface area (Å²) in [5.74, 6) is 0.184. The van der Waals surface area contributed by atoms with Gasteiger partial charge in [-0.2, -0.15) is 0 Å². The van der Waals surface area contributed by atoms with Crippen LogP contribution in [0.15, 0.2) is 42.7 Å². The molecule has 0 spiro atoms. The van der Waals surface area contributed by atoms with Crippen LogP contribution in [0.5, 0.6) is 0 Å². The highest BCUT2D eigenvalue weighted by Gasteiger charge is 2.21. The Hall–Kier alpha value is -3.98. The highest BCUT2D eigenvalue weighted by molar-refractivity contribution is 6.17. The van der Waals surface area contributed by atoms with Crippen molar-refractivity contribution < 1.29 is 14.3 Å². The van der Waals surface area contributed by atoms with Gasteiger partial charge in [0.2, 0.25) is 5.95 Å². The van der Waals surface area contributed by atoms with Gasteiger partial charge in [0.05, 0.1) is 24.3 Å². The molecule has 2 saturated heterocycles. The third kappa shape index (κ3) is 4.05. The maximum atomic E-state index is 13.0. The summed E-state index contributed by atoms with van der Waals surface area (Å²) in [6, 6.07) is 9.39. The van der Waals surface area contributed by atoms with Gasteiger partial charge < -0.3 is 25.3 Å². The fourth-order valence-electron chi connectivity index (χ4n) is 5.18. The average molecular weight is 485 g/mol. The molecular weight excluding hydrogens is 456 g/mol. The number of hydrogen-bond donors (Lipinski definition) is 2. The van der Waals surface area contributed by atoms with E-state index in [4.69, 9.17) is 10.5 Å². The molecule has 2 amide bonds. The number of anilines is 1. The zero-order valence-electron chi connectivity index (χ0n) is 20.0. The SMILES string of the molecule is NC(=O)c1cc(-c2cnc(N3CCCCC3)nc2)cc2c1[nH]c1cc(C(=O)N3CCOCC3)ccc12. The van der Waals surface area contributed by atoms with E-state index in [-0.39, 0.29) is 5.91 Å². The van der Waals surface area contributed by atoms with Crippen LogP contribution in [0.1, 0.15) is 40.0 Å². The van der Waals surface area contributed by atoms with Crippen molar-refractivity contribution in [2.24, 2.45) is 5.73 Å². The number of piperidine rings is 1. The minimum atomic E-state index is -0.524. The standard InChI is InChI=1S/C27H28N6O3/c28-25(34)22-13-18(19-15-29-27(30-16-19)33-6-2-1-3-7-33)12-21-20-5-4-17(14-23(20)31-24(21)22)26(35)32-8-10-36-11-9-32/h4-5,12-16,31H,1-3,6-11H2,(H2,28,34). The summed E-state index contributed by atoms with van der Waals surface area (Å²) >= 11 is 0. The monoisotopic (exact) mass is 484 g/mol. The quantitative estimate of drug-likeness (QED) is 0.459. The van der Waals surface area contributed by atoms with Crippen LogP contribution in [-0.4, -0.2) is 71.1 Å². The highest BCUT2D eigenvalue weighted by atomic mass is 16.5. The fourth-order valence-corrected chi connectivity index (χ4v) is 5.18. The third-order valence-electron chi connectivity index (χ3n) is 7.13. The van der Waals surface area contributed by atoms with Gasteiger partial charge in [-0.25, -0.2) is 9.97 Å². The van der Waals surface area contributed by atoms with E-state index in [0.29, 0.717) is 42.9 Å². The van der Waals surface area contributed by atoms with Gasteiger partial charge in [0, 0.05) is 66.0 Å². The number of nitrogens with zero attached hydrogens (tertiary/aromatic N) is 4. The molecule has 2 fully saturated rings. The molecule has 0 bridgehead atoms. The van der Waals surface area contributed by atoms with Crippen molar-refractivity contribution in [1.82, 2.24) is 19.9 Å². The number of morpholine rings is 1. The van der Waals surface area contributed by atoms with Gasteiger partial charge in [0.15, 0.2) is 0 Å². The second-order valence-corrected chi connectivity index (χ2v) is 9.42. The molecule has 0 aliphatic carbocycles. The van der Waals surface area contributed by atoms with Crippen LogP contribution < -0.4 is 10.6 Å². The Morgan fingerprint density at radius 1 is 0.889 bits per heavy atom. The van der Waals surface area contributed by atoms with Crippen LogP contribution in [0.3, 0.4) is 0 Å². The van der Waals surface area contributed by atoms with Crippen LogP contribution in [0.25, 0.3) is 32.9 Å². The average Bonchev–Trinajstić information content (AvgIpc) is 3.31. The van der Waals surface area contributed by atoms with Gasteiger partial charge in [0.1, 0.15) is 0 Å². The topological polar surface area (TPSA) is 117 Å². The third-order valence-corrected chi connectivity index (χ3v) is 7.13. The summed E-state index contributed by atoms with van der Waals surface area (Å²) in [7, 11) is 0. The Kier molecular flexibility index (Phi) is 5.77. The molecule has 0 radical (unpaired) electrons. The molecule has 0 unspecified atom stereocenters. The first kappa shape index (κ1) is 22.5. The number of nitrogens with two attached hydrogens (primary N) is 1. The van der Waals surface area contributed by atoms with Gasteiger partial charge in [-0.15, -0.1) is 0 Å². The molecule has 4 heterocycles. The van der Waals surface area contributed by atoms with E-state index in [1.807, 2.05) is 24.3 Å². The van der Waals surface area contributed by atoms with E-state index in [0.717, 1.165) is 59.3 Å². The van der Waals surface area contributed by atoms with Crippen molar-refractivity contribution in [3.8, 4) is 11.1 Å². The minimum Gasteiger partial charge on any atom is -0.378 e. The van der Waals surface area contributed by atoms with E-state index >= 15 is 0 Å². The fraction of sp³-hybridized carbons (Fsp3) is 0.333. The van der Waals surface area contributed by atoms with Crippen LogP contribution >= 0.6 is 0 Å². The number of H-pyrrole nitrogens is 1. The number of carbonyl (C=O) groups excluding carboxylic acids is 2. The van der Waals surface area contributed by atoms with Crippen LogP contribution in [0.2, 0.25) is 0 Å². The number of fused-ring (bicyclic) bond motifs is 3. The lowest BCUT2D eigenvalue weighted by molar-refractivity contribution is 0.0303. The number of primary amides is 1. The molecule has 184 valence electrons. The Morgan fingerprint density at radius 2 is 1.64 bits per heavy atom. The van der Waals surface area contributed by atoms with Gasteiger partial charge >= 0.3 is 0 Å². The van der Waals surface area contributed by atoms with Crippen LogP contribution in [0.4, 0.5) is 5.95 Å². The van der Waals surface area contributed by atoms with E-state index in [1.54, 1.807) is 23.4 Å². The highest BCUT2D eigenvalue weighted by Crippen LogP contribution is 2.33. The van der Waals surface area contributed by atoms with Gasteiger partial charge in [-0.05, 0) is 49.1 Å². The summed E-state index contributed by atoms with van der Waals surface area (Å²) in [6.45, 7) is 4.21. The number of rotatable bonds is 4. The number of carbonyl (C=O) groups is 2. The molecule has 9 nitrogen and oxygen atoms in total. The molecule has 4 aromatic rings. The van der Waals surface area contributed by atoms with Crippen LogP contribution in [0, 0.1) is 0 Å². The molecule has 3 N–H and O–H groups in total. The number of benzene rings is 2. The van der Waals surface area contributed by atoms with Gasteiger partial charge in [0.25, 0.3) is 11.8 Å². The summed E-state index contributed by atoms with van der Waals surface area (Å²) in [6.07, 6.45) is 7.17. The number of amides is 2. The summed E-state index contributed by atoms with van der Waals surface area (Å²) in [5, 5.41) is 1.78. The summed E-state index contributed by atoms with van der Waals surface area (Å²) in [4.78, 5) is 41.9. The molecule has 2 aliphatic rings. The first-order valence-corrected chi connectivity index (χ1v) is 12.4. The minimum absolute atomic E-state index is 0.0272. The smallest absolute Gasteiger partial charge is 0.254 e. The van der Waals surface area contributed by atoms with E-state index in [1.165, 1.54) is 6.42 Å². The molecule has 2 aromatic heterocycles. The van der Waals surface area contributed by atoms with E-state index < -0.39 is 5.91 Å². The number of ether oxygens (including phenoxy) is 1. The van der Waals surface area contributed by atoms with Crippen molar-refractivity contribution in [3.63, 3.8) is 0 Å². The predicted molar refractivity (Wildman–Crippen MR) is 138 cm³/mol. The lowest BCUT2D eigenvalue weighted by Gasteiger charge is -2.26. The van der Waals surface area contributed by atoms with Crippen LogP contribution in [-0.2, 0) is 4.74 Å². The van der Waals surface area contributed by atoms with Gasteiger partial charge in [-0.1, -0.05) is 6.07 Å². The Balaban J connectivity index is 1.39. The Labute approximate surface area is 208 Å².